The average molecular weight is 387 g/mol. The molecule has 1 N–H and O–H groups in total. The van der Waals surface area contributed by atoms with Crippen molar-refractivity contribution in [1.82, 2.24) is 0 Å². The van der Waals surface area contributed by atoms with Crippen molar-refractivity contribution in [2.24, 2.45) is 0 Å². The zero-order valence-corrected chi connectivity index (χ0v) is 19.7. The van der Waals surface area contributed by atoms with Gasteiger partial charge in [-0.2, -0.15) is 0 Å². The van der Waals surface area contributed by atoms with E-state index in [1.165, 1.54) is 6.42 Å². The number of hydrogen-bond acceptors (Lipinski definition) is 4. The van der Waals surface area contributed by atoms with Crippen molar-refractivity contribution < 1.29 is 47.6 Å². The summed E-state index contributed by atoms with van der Waals surface area (Å²) >= 11 is 0. The van der Waals surface area contributed by atoms with Gasteiger partial charge in [-0.15, -0.1) is 0 Å². The Morgan fingerprint density at radius 3 is 1.60 bits per heavy atom. The van der Waals surface area contributed by atoms with Crippen LogP contribution in [0.3, 0.4) is 0 Å². The van der Waals surface area contributed by atoms with Gasteiger partial charge in [0.1, 0.15) is 0 Å². The molecule has 0 fully saturated rings. The second kappa shape index (κ2) is 18.2. The minimum absolute atomic E-state index is 0. The molecule has 146 valence electrons. The van der Waals surface area contributed by atoms with Gasteiger partial charge >= 0.3 is 29.6 Å². The van der Waals surface area contributed by atoms with Crippen LogP contribution in [0.25, 0.3) is 0 Å². The Bertz CT molecular complexity index is 374. The Morgan fingerprint density at radius 2 is 1.16 bits per heavy atom. The normalized spacial score (nSPS) is 14.1. The molecule has 2 unspecified atom stereocenters. The van der Waals surface area contributed by atoms with Gasteiger partial charge < -0.3 is 9.66 Å². The summed E-state index contributed by atoms with van der Waals surface area (Å²) in [5.41, 5.74) is 0. The maximum Gasteiger partial charge on any atom is 1.00 e. The van der Waals surface area contributed by atoms with Crippen molar-refractivity contribution in [3.05, 3.63) is 0 Å². The summed E-state index contributed by atoms with van der Waals surface area (Å²) < 4.78 is 33.9. The first-order valence-corrected chi connectivity index (χ1v) is 11.5. The summed E-state index contributed by atoms with van der Waals surface area (Å²) in [5.74, 6) is 0. The molecule has 0 bridgehead atoms. The van der Waals surface area contributed by atoms with Crippen molar-refractivity contribution in [3.8, 4) is 0 Å². The van der Waals surface area contributed by atoms with Gasteiger partial charge in [-0.3, -0.25) is 0 Å². The summed E-state index contributed by atoms with van der Waals surface area (Å²) in [6, 6.07) is 0. The number of aliphatic hydroxyl groups excluding tert-OH is 1. The summed E-state index contributed by atoms with van der Waals surface area (Å²) in [4.78, 5) is 0. The number of hydrogen-bond donors (Lipinski definition) is 1. The van der Waals surface area contributed by atoms with Crippen LogP contribution in [0.1, 0.15) is 110 Å². The van der Waals surface area contributed by atoms with Crippen molar-refractivity contribution >= 4 is 10.1 Å². The van der Waals surface area contributed by atoms with Crippen LogP contribution in [0.4, 0.5) is 0 Å². The first-order valence-electron chi connectivity index (χ1n) is 10.0. The molecule has 0 aliphatic rings. The molecule has 0 aromatic rings. The maximum absolute atomic E-state index is 11.3. The van der Waals surface area contributed by atoms with E-state index in [1.54, 1.807) is 0 Å². The van der Waals surface area contributed by atoms with Crippen LogP contribution in [-0.4, -0.2) is 29.4 Å². The summed E-state index contributed by atoms with van der Waals surface area (Å²) in [6.45, 7) is 4.17. The largest absolute Gasteiger partial charge is 1.00 e. The molecule has 0 spiro atoms. The number of unbranched alkanes of at least 4 members (excludes halogenated alkanes) is 8. The Morgan fingerprint density at radius 1 is 0.720 bits per heavy atom. The predicted molar refractivity (Wildman–Crippen MR) is 100 cm³/mol. The molecule has 0 rings (SSSR count). The standard InChI is InChI=1S/C19H40O4S.Na/c1-3-5-11-16-19(24(21,22)23)17-13-10-8-6-7-9-12-15-18(20)14-4-2;/h18-20H,3-17H2,1-2H3,(H,21,22,23);/q;+1/p-1. The van der Waals surface area contributed by atoms with Gasteiger partial charge in [-0.1, -0.05) is 84.5 Å². The molecule has 4 nitrogen and oxygen atoms in total. The van der Waals surface area contributed by atoms with Gasteiger partial charge in [0.25, 0.3) is 0 Å². The van der Waals surface area contributed by atoms with E-state index in [4.69, 9.17) is 0 Å². The molecular formula is C19H39NaO4S. The number of rotatable bonds is 17. The fourth-order valence-electron chi connectivity index (χ4n) is 3.17. The van der Waals surface area contributed by atoms with E-state index in [0.717, 1.165) is 77.0 Å². The molecule has 0 saturated heterocycles. The molecule has 25 heavy (non-hydrogen) atoms. The van der Waals surface area contributed by atoms with E-state index in [0.29, 0.717) is 12.8 Å². The van der Waals surface area contributed by atoms with Gasteiger partial charge in [-0.05, 0) is 25.7 Å². The van der Waals surface area contributed by atoms with Crippen LogP contribution in [0.15, 0.2) is 0 Å². The minimum Gasteiger partial charge on any atom is -0.748 e. The third-order valence-electron chi connectivity index (χ3n) is 4.72. The van der Waals surface area contributed by atoms with Crippen molar-refractivity contribution in [2.75, 3.05) is 0 Å². The zero-order chi connectivity index (χ0) is 18.3. The van der Waals surface area contributed by atoms with Crippen molar-refractivity contribution in [2.45, 2.75) is 122 Å². The zero-order valence-electron chi connectivity index (χ0n) is 16.8. The molecule has 6 heteroatoms. The Balaban J connectivity index is 0. The van der Waals surface area contributed by atoms with Crippen LogP contribution in [0.5, 0.6) is 0 Å². The second-order valence-corrected chi connectivity index (χ2v) is 8.76. The van der Waals surface area contributed by atoms with Gasteiger partial charge in [0.05, 0.1) is 16.2 Å². The molecule has 0 heterocycles. The fraction of sp³-hybridized carbons (Fsp3) is 1.00. The van der Waals surface area contributed by atoms with E-state index in [-0.39, 0.29) is 35.7 Å². The Kier molecular flexibility index (Phi) is 20.5. The van der Waals surface area contributed by atoms with Gasteiger partial charge in [0, 0.05) is 5.25 Å². The van der Waals surface area contributed by atoms with E-state index in [9.17, 15) is 18.1 Å². The van der Waals surface area contributed by atoms with E-state index in [1.807, 2.05) is 0 Å². The van der Waals surface area contributed by atoms with E-state index < -0.39 is 15.4 Å². The Hall–Kier alpha value is 0.870. The topological polar surface area (TPSA) is 77.4 Å². The summed E-state index contributed by atoms with van der Waals surface area (Å²) in [5, 5.41) is 8.97. The Labute approximate surface area is 178 Å². The molecule has 0 aromatic carbocycles. The van der Waals surface area contributed by atoms with Crippen LogP contribution >= 0.6 is 0 Å². The SMILES string of the molecule is CCCCCC(CCCCCCCCCC(O)CCC)S(=O)(=O)[O-].[Na+]. The van der Waals surface area contributed by atoms with E-state index >= 15 is 0 Å². The number of aliphatic hydroxyl groups is 1. The monoisotopic (exact) mass is 386 g/mol. The molecule has 0 radical (unpaired) electrons. The smallest absolute Gasteiger partial charge is 0.748 e. The van der Waals surface area contributed by atoms with Gasteiger partial charge in [-0.25, -0.2) is 8.42 Å². The maximum atomic E-state index is 11.3. The quantitative estimate of drug-likeness (QED) is 0.236. The van der Waals surface area contributed by atoms with Crippen molar-refractivity contribution in [3.63, 3.8) is 0 Å². The van der Waals surface area contributed by atoms with Crippen LogP contribution in [-0.2, 0) is 10.1 Å². The van der Waals surface area contributed by atoms with Gasteiger partial charge in [0.2, 0.25) is 0 Å². The predicted octanol–water partition coefficient (Wildman–Crippen LogP) is 2.16. The molecule has 0 saturated carbocycles. The van der Waals surface area contributed by atoms with Crippen LogP contribution in [0, 0.1) is 0 Å². The summed E-state index contributed by atoms with van der Waals surface area (Å²) in [6.07, 6.45) is 14.2. The van der Waals surface area contributed by atoms with E-state index in [2.05, 4.69) is 13.8 Å². The third-order valence-corrected chi connectivity index (χ3v) is 6.01. The van der Waals surface area contributed by atoms with Gasteiger partial charge in [0.15, 0.2) is 0 Å². The minimum atomic E-state index is -4.14. The molecule has 0 aliphatic carbocycles. The van der Waals surface area contributed by atoms with Crippen LogP contribution in [0.2, 0.25) is 0 Å². The van der Waals surface area contributed by atoms with Crippen LogP contribution < -0.4 is 29.6 Å². The van der Waals surface area contributed by atoms with Crippen molar-refractivity contribution in [1.29, 1.82) is 0 Å². The first kappa shape index (κ1) is 28.1. The average Bonchev–Trinajstić information content (AvgIpc) is 2.50. The molecule has 2 atom stereocenters. The first-order chi connectivity index (χ1) is 11.4. The molecule has 0 aromatic heterocycles. The molecular weight excluding hydrogens is 347 g/mol. The summed E-state index contributed by atoms with van der Waals surface area (Å²) in [7, 11) is -4.14. The fourth-order valence-corrected chi connectivity index (χ4v) is 4.08. The molecule has 0 amide bonds. The second-order valence-electron chi connectivity index (χ2n) is 7.11. The molecule has 0 aliphatic heterocycles. The third kappa shape index (κ3) is 18.0.